The summed E-state index contributed by atoms with van der Waals surface area (Å²) in [6.45, 7) is 14.9. The number of rotatable bonds is 4. The summed E-state index contributed by atoms with van der Waals surface area (Å²) in [5.74, 6) is 0. The van der Waals surface area contributed by atoms with E-state index in [0.29, 0.717) is 14.8 Å². The van der Waals surface area contributed by atoms with Crippen molar-refractivity contribution in [3.8, 4) is 0 Å². The number of fused-ring (bicyclic) bond motifs is 1. The number of halogens is 1. The Bertz CT molecular complexity index is 839. The predicted molar refractivity (Wildman–Crippen MR) is 110 cm³/mol. The van der Waals surface area contributed by atoms with E-state index in [0.717, 1.165) is 16.8 Å². The van der Waals surface area contributed by atoms with Crippen LogP contribution in [-0.2, 0) is 10.0 Å². The molecule has 1 aliphatic carbocycles. The lowest BCUT2D eigenvalue weighted by Crippen LogP contribution is -2.34. The van der Waals surface area contributed by atoms with Crippen LogP contribution >= 0.6 is 11.6 Å². The number of imidazole rings is 1. The Hall–Kier alpha value is -1.14. The average molecular weight is 405 g/mol. The minimum Gasteiger partial charge on any atom is -0.406 e. The van der Waals surface area contributed by atoms with Gasteiger partial charge in [0.1, 0.15) is 0 Å². The molecule has 0 bridgehead atoms. The highest BCUT2D eigenvalue weighted by Gasteiger charge is 2.48. The van der Waals surface area contributed by atoms with Gasteiger partial charge in [-0.15, -0.1) is 0 Å². The smallest absolute Gasteiger partial charge is 0.237 e. The Morgan fingerprint density at radius 3 is 2.48 bits per heavy atom. The lowest BCUT2D eigenvalue weighted by Gasteiger charge is -2.36. The molecule has 3 rings (SSSR count). The first-order valence-corrected chi connectivity index (χ1v) is 10.6. The van der Waals surface area contributed by atoms with Crippen molar-refractivity contribution < 1.29 is 9.53 Å². The van der Waals surface area contributed by atoms with E-state index in [4.69, 9.17) is 16.0 Å². The van der Waals surface area contributed by atoms with Crippen molar-refractivity contribution >= 4 is 21.4 Å². The van der Waals surface area contributed by atoms with Crippen LogP contribution < -0.4 is 0 Å². The zero-order valence-electron chi connectivity index (χ0n) is 17.2. The SMILES string of the molecule is CC(C)(C)[Si]OC(C)(C)c1cncn1C1c2ccc(Cl)cc2C(O)C1(C)C. The van der Waals surface area contributed by atoms with Gasteiger partial charge in [-0.05, 0) is 42.1 Å². The second-order valence-corrected chi connectivity index (χ2v) is 11.9. The molecule has 1 heterocycles. The van der Waals surface area contributed by atoms with Gasteiger partial charge in [0, 0.05) is 10.4 Å². The number of benzene rings is 1. The summed E-state index contributed by atoms with van der Waals surface area (Å²) in [7, 11) is 0.372. The number of hydrogen-bond donors (Lipinski definition) is 1. The van der Waals surface area contributed by atoms with Crippen molar-refractivity contribution in [3.05, 3.63) is 52.6 Å². The number of nitrogens with zero attached hydrogens (tertiary/aromatic N) is 2. The molecular weight excluding hydrogens is 376 g/mol. The monoisotopic (exact) mass is 404 g/mol. The second kappa shape index (κ2) is 6.73. The molecule has 2 aromatic rings. The standard InChI is InChI=1S/C21H29ClN2O2Si/c1-19(2,3)27-26-21(6,7)16-11-23-12-24(16)17-14-9-8-13(22)10-15(14)18(25)20(17,4)5/h8-12,17-18,25H,1-7H3. The molecule has 0 saturated heterocycles. The highest BCUT2D eigenvalue weighted by atomic mass is 35.5. The summed E-state index contributed by atoms with van der Waals surface area (Å²) in [6.07, 6.45) is 3.14. The van der Waals surface area contributed by atoms with E-state index < -0.39 is 17.1 Å². The minimum absolute atomic E-state index is 0.0434. The normalized spacial score (nSPS) is 22.1. The third kappa shape index (κ3) is 3.75. The fourth-order valence-corrected chi connectivity index (χ4v) is 4.65. The first-order chi connectivity index (χ1) is 12.3. The zero-order chi connectivity index (χ0) is 20.2. The van der Waals surface area contributed by atoms with Gasteiger partial charge >= 0.3 is 0 Å². The van der Waals surface area contributed by atoms with Gasteiger partial charge in [-0.3, -0.25) is 0 Å². The van der Waals surface area contributed by atoms with Gasteiger partial charge in [-0.1, -0.05) is 52.3 Å². The number of aromatic nitrogens is 2. The van der Waals surface area contributed by atoms with Crippen LogP contribution in [0, 0.1) is 5.41 Å². The van der Waals surface area contributed by atoms with Crippen molar-refractivity contribution in [2.24, 2.45) is 5.41 Å². The maximum atomic E-state index is 11.0. The Balaban J connectivity index is 2.05. The van der Waals surface area contributed by atoms with Crippen molar-refractivity contribution in [2.45, 2.75) is 71.3 Å². The van der Waals surface area contributed by atoms with Crippen LogP contribution in [0.2, 0.25) is 10.1 Å². The fraction of sp³-hybridized carbons (Fsp3) is 0.571. The summed E-state index contributed by atoms with van der Waals surface area (Å²) < 4.78 is 8.49. The third-order valence-corrected chi connectivity index (χ3v) is 6.68. The van der Waals surface area contributed by atoms with Crippen LogP contribution in [-0.4, -0.2) is 24.4 Å². The van der Waals surface area contributed by atoms with Crippen LogP contribution in [0.15, 0.2) is 30.7 Å². The lowest BCUT2D eigenvalue weighted by atomic mass is 9.82. The molecule has 0 fully saturated rings. The molecule has 146 valence electrons. The molecule has 0 amide bonds. The van der Waals surface area contributed by atoms with Crippen LogP contribution in [0.25, 0.3) is 0 Å². The Labute approximate surface area is 169 Å². The van der Waals surface area contributed by atoms with Gasteiger partial charge in [0.15, 0.2) is 0 Å². The predicted octanol–water partition coefficient (Wildman–Crippen LogP) is 5.29. The van der Waals surface area contributed by atoms with Crippen LogP contribution in [0.3, 0.4) is 0 Å². The van der Waals surface area contributed by atoms with Crippen molar-refractivity contribution in [2.75, 3.05) is 0 Å². The molecule has 1 aromatic carbocycles. The average Bonchev–Trinajstić information content (AvgIpc) is 3.09. The maximum Gasteiger partial charge on any atom is 0.237 e. The molecule has 1 N–H and O–H groups in total. The van der Waals surface area contributed by atoms with E-state index >= 15 is 0 Å². The Kier molecular flexibility index (Phi) is 5.13. The first kappa shape index (κ1) is 20.6. The molecule has 2 radical (unpaired) electrons. The van der Waals surface area contributed by atoms with Gasteiger partial charge in [0.25, 0.3) is 0 Å². The molecule has 0 aliphatic heterocycles. The first-order valence-electron chi connectivity index (χ1n) is 9.29. The van der Waals surface area contributed by atoms with Crippen LogP contribution in [0.5, 0.6) is 0 Å². The molecule has 6 heteroatoms. The second-order valence-electron chi connectivity index (χ2n) is 9.55. The molecular formula is C21H29ClN2O2Si. The highest BCUT2D eigenvalue weighted by molar-refractivity contribution is 6.31. The van der Waals surface area contributed by atoms with E-state index in [9.17, 15) is 5.11 Å². The number of hydrogen-bond acceptors (Lipinski definition) is 3. The van der Waals surface area contributed by atoms with Gasteiger partial charge in [0.2, 0.25) is 9.76 Å². The number of aliphatic hydroxyl groups excluding tert-OH is 1. The van der Waals surface area contributed by atoms with Gasteiger partial charge in [-0.25, -0.2) is 4.98 Å². The largest absolute Gasteiger partial charge is 0.406 e. The van der Waals surface area contributed by atoms with Crippen LogP contribution in [0.1, 0.15) is 77.4 Å². The third-order valence-electron chi connectivity index (χ3n) is 5.22. The molecule has 4 nitrogen and oxygen atoms in total. The molecule has 2 atom stereocenters. The van der Waals surface area contributed by atoms with Crippen molar-refractivity contribution in [1.29, 1.82) is 0 Å². The van der Waals surface area contributed by atoms with E-state index in [2.05, 4.69) is 58.0 Å². The summed E-state index contributed by atoms with van der Waals surface area (Å²) in [6, 6.07) is 5.75. The maximum absolute atomic E-state index is 11.0. The quantitative estimate of drug-likeness (QED) is 0.704. The topological polar surface area (TPSA) is 47.3 Å². The van der Waals surface area contributed by atoms with Gasteiger partial charge in [0.05, 0.1) is 36.0 Å². The van der Waals surface area contributed by atoms with Gasteiger partial charge < -0.3 is 14.1 Å². The Morgan fingerprint density at radius 2 is 1.85 bits per heavy atom. The zero-order valence-corrected chi connectivity index (χ0v) is 18.9. The highest BCUT2D eigenvalue weighted by Crippen LogP contribution is 2.55. The lowest BCUT2D eigenvalue weighted by molar-refractivity contribution is 0.0356. The molecule has 2 unspecified atom stereocenters. The van der Waals surface area contributed by atoms with Gasteiger partial charge in [-0.2, -0.15) is 0 Å². The fourth-order valence-electron chi connectivity index (χ4n) is 3.80. The molecule has 1 aromatic heterocycles. The van der Waals surface area contributed by atoms with E-state index in [1.807, 2.05) is 30.7 Å². The summed E-state index contributed by atoms with van der Waals surface area (Å²) in [5, 5.41) is 11.7. The number of aliphatic hydroxyl groups is 1. The molecule has 0 spiro atoms. The van der Waals surface area contributed by atoms with Crippen molar-refractivity contribution in [1.82, 2.24) is 9.55 Å². The molecule has 1 aliphatic rings. The molecule has 27 heavy (non-hydrogen) atoms. The Morgan fingerprint density at radius 1 is 1.19 bits per heavy atom. The van der Waals surface area contributed by atoms with E-state index in [1.165, 1.54) is 0 Å². The van der Waals surface area contributed by atoms with Crippen LogP contribution in [0.4, 0.5) is 0 Å². The van der Waals surface area contributed by atoms with Crippen molar-refractivity contribution in [3.63, 3.8) is 0 Å². The summed E-state index contributed by atoms with van der Waals surface area (Å²) >= 11 is 6.19. The summed E-state index contributed by atoms with van der Waals surface area (Å²) in [5.41, 5.74) is 2.11. The molecule has 0 saturated carbocycles. The van der Waals surface area contributed by atoms with E-state index in [1.54, 1.807) is 0 Å². The minimum atomic E-state index is -0.591. The summed E-state index contributed by atoms with van der Waals surface area (Å²) in [4.78, 5) is 4.44. The van der Waals surface area contributed by atoms with E-state index in [-0.39, 0.29) is 11.1 Å².